The second kappa shape index (κ2) is 6.83. The van der Waals surface area contributed by atoms with E-state index in [0.29, 0.717) is 6.61 Å². The van der Waals surface area contributed by atoms with Crippen molar-refractivity contribution in [2.45, 2.75) is 13.0 Å². The zero-order valence-electron chi connectivity index (χ0n) is 8.03. The highest BCUT2D eigenvalue weighted by Crippen LogP contribution is 2.00. The van der Waals surface area contributed by atoms with Crippen molar-refractivity contribution in [3.8, 4) is 0 Å². The topological polar surface area (TPSA) is 18.5 Å². The molecule has 1 rings (SSSR count). The number of rotatable bonds is 6. The Morgan fingerprint density at radius 3 is 2.54 bits per heavy atom. The molecule has 0 aliphatic heterocycles. The zero-order chi connectivity index (χ0) is 9.36. The van der Waals surface area contributed by atoms with Crippen LogP contribution >= 0.6 is 0 Å². The van der Waals surface area contributed by atoms with Gasteiger partial charge in [0, 0.05) is 13.2 Å². The average Bonchev–Trinajstić information content (AvgIpc) is 2.19. The lowest BCUT2D eigenvalue weighted by atomic mass is 10.2. The van der Waals surface area contributed by atoms with Crippen LogP contribution in [0.15, 0.2) is 30.3 Å². The predicted molar refractivity (Wildman–Crippen MR) is 56.6 cm³/mol. The molecule has 0 atom stereocenters. The van der Waals surface area contributed by atoms with Crippen LogP contribution in [-0.4, -0.2) is 23.7 Å². The van der Waals surface area contributed by atoms with Gasteiger partial charge in [0.25, 0.3) is 0 Å². The van der Waals surface area contributed by atoms with Crippen LogP contribution in [0.5, 0.6) is 0 Å². The minimum Gasteiger partial charge on any atom is -0.428 e. The summed E-state index contributed by atoms with van der Waals surface area (Å²) in [6.45, 7) is 2.33. The maximum Gasteiger partial charge on any atom is 0.145 e. The first-order valence-corrected chi connectivity index (χ1v) is 5.36. The van der Waals surface area contributed by atoms with E-state index in [1.54, 1.807) is 0 Å². The number of benzene rings is 1. The van der Waals surface area contributed by atoms with Crippen LogP contribution in [0.25, 0.3) is 0 Å². The monoisotopic (exact) mass is 196 g/mol. The van der Waals surface area contributed by atoms with Crippen molar-refractivity contribution < 1.29 is 9.16 Å². The Hall–Kier alpha value is -0.643. The van der Waals surface area contributed by atoms with Gasteiger partial charge in [-0.25, -0.2) is 0 Å². The van der Waals surface area contributed by atoms with Crippen molar-refractivity contribution in [2.75, 3.05) is 13.2 Å². The maximum absolute atomic E-state index is 5.46. The third-order valence-electron chi connectivity index (χ3n) is 1.75. The summed E-state index contributed by atoms with van der Waals surface area (Å²) >= 11 is 0. The van der Waals surface area contributed by atoms with Gasteiger partial charge < -0.3 is 9.16 Å². The molecule has 72 valence electrons. The molecule has 0 radical (unpaired) electrons. The molecule has 0 saturated heterocycles. The van der Waals surface area contributed by atoms with Crippen molar-refractivity contribution in [2.24, 2.45) is 0 Å². The molecule has 0 unspecified atom stereocenters. The van der Waals surface area contributed by atoms with Gasteiger partial charge in [-0.3, -0.25) is 0 Å². The summed E-state index contributed by atoms with van der Waals surface area (Å²) in [6.07, 6.45) is 0.996. The summed E-state index contributed by atoms with van der Waals surface area (Å²) in [4.78, 5) is 0. The Balaban J connectivity index is 2.07. The number of hydrogen-bond donors (Lipinski definition) is 0. The molecule has 13 heavy (non-hydrogen) atoms. The van der Waals surface area contributed by atoms with Crippen LogP contribution in [0.1, 0.15) is 12.0 Å². The van der Waals surface area contributed by atoms with Crippen LogP contribution in [0, 0.1) is 0 Å². The summed E-state index contributed by atoms with van der Waals surface area (Å²) < 4.78 is 10.5. The van der Waals surface area contributed by atoms with E-state index < -0.39 is 0 Å². The Labute approximate surface area is 82.4 Å². The highest BCUT2D eigenvalue weighted by atomic mass is 28.2. The lowest BCUT2D eigenvalue weighted by Gasteiger charge is -2.03. The highest BCUT2D eigenvalue weighted by molar-refractivity contribution is 5.97. The first-order chi connectivity index (χ1) is 6.43. The zero-order valence-corrected chi connectivity index (χ0v) is 10.0. The first-order valence-electron chi connectivity index (χ1n) is 4.54. The van der Waals surface area contributed by atoms with Crippen molar-refractivity contribution in [1.82, 2.24) is 0 Å². The molecular weight excluding hydrogens is 180 g/mol. The van der Waals surface area contributed by atoms with E-state index in [4.69, 9.17) is 9.16 Å². The summed E-state index contributed by atoms with van der Waals surface area (Å²) in [7, 11) is 0.828. The molecule has 1 aromatic rings. The molecule has 0 amide bonds. The second-order valence-electron chi connectivity index (χ2n) is 2.88. The molecule has 0 aliphatic rings. The first kappa shape index (κ1) is 10.4. The van der Waals surface area contributed by atoms with Crippen molar-refractivity contribution in [1.29, 1.82) is 0 Å². The lowest BCUT2D eigenvalue weighted by molar-refractivity contribution is 0.108. The van der Waals surface area contributed by atoms with Crippen LogP contribution in [0.3, 0.4) is 0 Å². The Morgan fingerprint density at radius 2 is 1.85 bits per heavy atom. The van der Waals surface area contributed by atoms with Gasteiger partial charge in [-0.1, -0.05) is 30.3 Å². The average molecular weight is 196 g/mol. The second-order valence-corrected chi connectivity index (χ2v) is 3.46. The minimum absolute atomic E-state index is 0.710. The molecular formula is C10H16O2Si. The normalized spacial score (nSPS) is 10.5. The maximum atomic E-state index is 5.46. The van der Waals surface area contributed by atoms with Crippen molar-refractivity contribution in [3.05, 3.63) is 35.9 Å². The van der Waals surface area contributed by atoms with Crippen LogP contribution in [0.4, 0.5) is 0 Å². The molecule has 0 N–H and O–H groups in total. The smallest absolute Gasteiger partial charge is 0.145 e. The summed E-state index contributed by atoms with van der Waals surface area (Å²) in [6, 6.07) is 10.2. The van der Waals surface area contributed by atoms with Gasteiger partial charge in [-0.15, -0.1) is 0 Å². The Morgan fingerprint density at radius 1 is 1.08 bits per heavy atom. The summed E-state index contributed by atoms with van der Waals surface area (Å²) in [5.41, 5.74) is 1.23. The lowest BCUT2D eigenvalue weighted by Crippen LogP contribution is -1.99. The van der Waals surface area contributed by atoms with E-state index in [2.05, 4.69) is 12.1 Å². The van der Waals surface area contributed by atoms with E-state index in [1.165, 1.54) is 5.56 Å². The van der Waals surface area contributed by atoms with E-state index in [9.17, 15) is 0 Å². The van der Waals surface area contributed by atoms with Gasteiger partial charge in [-0.05, 0) is 12.0 Å². The van der Waals surface area contributed by atoms with E-state index in [0.717, 1.165) is 30.1 Å². The van der Waals surface area contributed by atoms with Crippen LogP contribution in [0.2, 0.25) is 0 Å². The van der Waals surface area contributed by atoms with Gasteiger partial charge in [-0.2, -0.15) is 0 Å². The number of ether oxygens (including phenoxy) is 1. The highest BCUT2D eigenvalue weighted by Gasteiger charge is 1.90. The van der Waals surface area contributed by atoms with Crippen molar-refractivity contribution >= 4 is 10.5 Å². The molecule has 0 aliphatic carbocycles. The molecule has 0 heterocycles. The molecule has 0 bridgehead atoms. The minimum atomic E-state index is 0.710. The van der Waals surface area contributed by atoms with Crippen LogP contribution in [-0.2, 0) is 15.8 Å². The fourth-order valence-electron chi connectivity index (χ4n) is 1.07. The molecule has 0 aromatic heterocycles. The fourth-order valence-corrected chi connectivity index (χ4v) is 1.36. The van der Waals surface area contributed by atoms with Gasteiger partial charge in [0.15, 0.2) is 0 Å². The van der Waals surface area contributed by atoms with Gasteiger partial charge in [0.2, 0.25) is 0 Å². The quantitative estimate of drug-likeness (QED) is 0.497. The Bertz CT molecular complexity index is 213. The van der Waals surface area contributed by atoms with Gasteiger partial charge in [0.1, 0.15) is 10.5 Å². The third-order valence-corrected chi connectivity index (χ3v) is 2.16. The van der Waals surface area contributed by atoms with Gasteiger partial charge >= 0.3 is 0 Å². The van der Waals surface area contributed by atoms with E-state index >= 15 is 0 Å². The van der Waals surface area contributed by atoms with Crippen molar-refractivity contribution in [3.63, 3.8) is 0 Å². The molecule has 0 saturated carbocycles. The van der Waals surface area contributed by atoms with E-state index in [-0.39, 0.29) is 0 Å². The molecule has 2 nitrogen and oxygen atoms in total. The molecule has 3 heteroatoms. The summed E-state index contributed by atoms with van der Waals surface area (Å²) in [5.74, 6) is 0. The van der Waals surface area contributed by atoms with Gasteiger partial charge in [0.05, 0.1) is 6.61 Å². The standard InChI is InChI=1S/C10H16O2Si/c13-12-8-4-7-11-9-10-5-2-1-3-6-10/h1-3,5-6H,4,7-9H2,13H3. The SMILES string of the molecule is [SiH3]OCCCOCc1ccccc1. The molecule has 0 spiro atoms. The van der Waals surface area contributed by atoms with Crippen LogP contribution < -0.4 is 0 Å². The fraction of sp³-hybridized carbons (Fsp3) is 0.400. The van der Waals surface area contributed by atoms with E-state index in [1.807, 2.05) is 18.2 Å². The summed E-state index contributed by atoms with van der Waals surface area (Å²) in [5, 5.41) is 0. The predicted octanol–water partition coefficient (Wildman–Crippen LogP) is 0.890. The largest absolute Gasteiger partial charge is 0.428 e. The molecule has 0 fully saturated rings. The third kappa shape index (κ3) is 4.82. The Kier molecular flexibility index (Phi) is 5.48. The number of hydrogen-bond acceptors (Lipinski definition) is 2. The molecule has 1 aromatic carbocycles.